The molecule has 2 heterocycles. The second-order valence-electron chi connectivity index (χ2n) is 4.92. The van der Waals surface area contributed by atoms with Crippen LogP contribution >= 0.6 is 0 Å². The summed E-state index contributed by atoms with van der Waals surface area (Å²) < 4.78 is 7.35. The minimum Gasteiger partial charge on any atom is -0.381 e. The van der Waals surface area contributed by atoms with E-state index in [-0.39, 0.29) is 5.91 Å². The van der Waals surface area contributed by atoms with Crippen molar-refractivity contribution in [2.24, 2.45) is 5.92 Å². The normalized spacial score (nSPS) is 19.1. The second-order valence-corrected chi connectivity index (χ2v) is 4.92. The second kappa shape index (κ2) is 6.00. The molecule has 0 radical (unpaired) electrons. The van der Waals surface area contributed by atoms with E-state index in [2.05, 4.69) is 9.55 Å². The van der Waals surface area contributed by atoms with Crippen LogP contribution in [0.25, 0.3) is 0 Å². The first-order valence-electron chi connectivity index (χ1n) is 6.46. The van der Waals surface area contributed by atoms with Crippen molar-refractivity contribution < 1.29 is 9.53 Å². The lowest BCUT2D eigenvalue weighted by atomic mass is 10.0. The summed E-state index contributed by atoms with van der Waals surface area (Å²) in [6.45, 7) is 5.03. The molecule has 1 aliphatic heterocycles. The molecule has 0 aromatic carbocycles. The summed E-state index contributed by atoms with van der Waals surface area (Å²) in [7, 11) is 1.87. The smallest absolute Gasteiger partial charge is 0.222 e. The molecule has 1 fully saturated rings. The monoisotopic (exact) mass is 251 g/mol. The molecule has 5 heteroatoms. The average Bonchev–Trinajstić information content (AvgIpc) is 2.98. The van der Waals surface area contributed by atoms with Crippen molar-refractivity contribution in [3.8, 4) is 0 Å². The highest BCUT2D eigenvalue weighted by molar-refractivity contribution is 5.76. The molecule has 1 saturated heterocycles. The van der Waals surface area contributed by atoms with Gasteiger partial charge in [-0.1, -0.05) is 0 Å². The van der Waals surface area contributed by atoms with Crippen LogP contribution in [0.1, 0.15) is 18.7 Å². The predicted octanol–water partition coefficient (Wildman–Crippen LogP) is 1.08. The average molecular weight is 251 g/mol. The highest BCUT2D eigenvalue weighted by Gasteiger charge is 2.20. The number of likely N-dealkylation sites (N-methyl/N-ethyl adjacent to an activating group) is 1. The van der Waals surface area contributed by atoms with Crippen molar-refractivity contribution in [2.45, 2.75) is 26.3 Å². The van der Waals surface area contributed by atoms with Gasteiger partial charge in [0.05, 0.1) is 0 Å². The Bertz CT molecular complexity index is 397. The zero-order valence-corrected chi connectivity index (χ0v) is 11.1. The van der Waals surface area contributed by atoms with Crippen LogP contribution in [0.3, 0.4) is 0 Å². The summed E-state index contributed by atoms with van der Waals surface area (Å²) >= 11 is 0. The van der Waals surface area contributed by atoms with Crippen molar-refractivity contribution in [1.29, 1.82) is 0 Å². The number of amides is 1. The van der Waals surface area contributed by atoms with Crippen molar-refractivity contribution >= 4 is 5.91 Å². The number of hydrogen-bond acceptors (Lipinski definition) is 3. The van der Waals surface area contributed by atoms with Crippen molar-refractivity contribution in [3.05, 3.63) is 18.2 Å². The van der Waals surface area contributed by atoms with Crippen LogP contribution < -0.4 is 0 Å². The van der Waals surface area contributed by atoms with Gasteiger partial charge in [-0.25, -0.2) is 4.98 Å². The van der Waals surface area contributed by atoms with Crippen LogP contribution in [0.2, 0.25) is 0 Å². The van der Waals surface area contributed by atoms with Crippen LogP contribution in [0.15, 0.2) is 12.4 Å². The molecular formula is C13H21N3O2. The lowest BCUT2D eigenvalue weighted by molar-refractivity contribution is -0.131. The third-order valence-corrected chi connectivity index (χ3v) is 3.51. The molecule has 1 aliphatic rings. The number of rotatable bonds is 5. The lowest BCUT2D eigenvalue weighted by Crippen LogP contribution is -2.31. The van der Waals surface area contributed by atoms with Gasteiger partial charge in [0.15, 0.2) is 0 Å². The van der Waals surface area contributed by atoms with Crippen LogP contribution in [-0.4, -0.2) is 47.2 Å². The number of carbonyl (C=O) groups is 1. The Morgan fingerprint density at radius 2 is 2.50 bits per heavy atom. The number of carbonyl (C=O) groups excluding carboxylic acids is 1. The molecule has 0 aliphatic carbocycles. The van der Waals surface area contributed by atoms with Gasteiger partial charge in [-0.15, -0.1) is 0 Å². The van der Waals surface area contributed by atoms with Gasteiger partial charge < -0.3 is 14.2 Å². The van der Waals surface area contributed by atoms with Gasteiger partial charge >= 0.3 is 0 Å². The van der Waals surface area contributed by atoms with Gasteiger partial charge in [0.1, 0.15) is 5.82 Å². The van der Waals surface area contributed by atoms with Gasteiger partial charge in [-0.05, 0) is 19.3 Å². The van der Waals surface area contributed by atoms with E-state index in [0.29, 0.717) is 12.3 Å². The fraction of sp³-hybridized carbons (Fsp3) is 0.692. The molecule has 5 nitrogen and oxygen atoms in total. The molecule has 0 N–H and O–H groups in total. The first-order chi connectivity index (χ1) is 8.66. The van der Waals surface area contributed by atoms with Crippen molar-refractivity contribution in [1.82, 2.24) is 14.5 Å². The highest BCUT2D eigenvalue weighted by Crippen LogP contribution is 2.17. The summed E-state index contributed by atoms with van der Waals surface area (Å²) in [6, 6.07) is 0. The Balaban J connectivity index is 1.75. The van der Waals surface area contributed by atoms with E-state index < -0.39 is 0 Å². The number of nitrogens with zero attached hydrogens (tertiary/aromatic N) is 3. The maximum absolute atomic E-state index is 12.0. The molecule has 0 spiro atoms. The Kier molecular flexibility index (Phi) is 4.36. The standard InChI is InChI=1S/C13H21N3O2/c1-11-14-4-5-16(11)7-6-15(2)13(17)9-12-3-8-18-10-12/h4-5,12H,3,6-10H2,1-2H3. The Hall–Kier alpha value is -1.36. The Morgan fingerprint density at radius 3 is 3.11 bits per heavy atom. The Morgan fingerprint density at radius 1 is 1.67 bits per heavy atom. The fourth-order valence-corrected chi connectivity index (χ4v) is 2.17. The molecule has 1 atom stereocenters. The summed E-state index contributed by atoms with van der Waals surface area (Å²) in [4.78, 5) is 18.0. The largest absolute Gasteiger partial charge is 0.381 e. The van der Waals surface area contributed by atoms with Crippen molar-refractivity contribution in [3.63, 3.8) is 0 Å². The number of hydrogen-bond donors (Lipinski definition) is 0. The quantitative estimate of drug-likeness (QED) is 0.786. The topological polar surface area (TPSA) is 47.4 Å². The fourth-order valence-electron chi connectivity index (χ4n) is 2.17. The van der Waals surface area contributed by atoms with Gasteiger partial charge in [0.25, 0.3) is 0 Å². The maximum Gasteiger partial charge on any atom is 0.222 e. The molecular weight excluding hydrogens is 230 g/mol. The first-order valence-corrected chi connectivity index (χ1v) is 6.46. The molecule has 1 aromatic rings. The number of ether oxygens (including phenoxy) is 1. The van der Waals surface area contributed by atoms with Crippen LogP contribution in [0.5, 0.6) is 0 Å². The minimum absolute atomic E-state index is 0.211. The lowest BCUT2D eigenvalue weighted by Gasteiger charge is -2.19. The third kappa shape index (κ3) is 3.32. The van der Waals surface area contributed by atoms with E-state index in [9.17, 15) is 4.79 Å². The van der Waals surface area contributed by atoms with Gasteiger partial charge in [0, 0.05) is 52.2 Å². The molecule has 0 saturated carbocycles. The van der Waals surface area contributed by atoms with Crippen LogP contribution in [0.4, 0.5) is 0 Å². The molecule has 1 amide bonds. The molecule has 100 valence electrons. The van der Waals surface area contributed by atoms with E-state index in [1.54, 1.807) is 11.1 Å². The number of aromatic nitrogens is 2. The third-order valence-electron chi connectivity index (χ3n) is 3.51. The zero-order chi connectivity index (χ0) is 13.0. The summed E-state index contributed by atoms with van der Waals surface area (Å²) in [6.07, 6.45) is 5.35. The van der Waals surface area contributed by atoms with E-state index >= 15 is 0 Å². The summed E-state index contributed by atoms with van der Waals surface area (Å²) in [5.74, 6) is 1.61. The van der Waals surface area contributed by atoms with E-state index in [0.717, 1.165) is 38.5 Å². The van der Waals surface area contributed by atoms with Crippen molar-refractivity contribution in [2.75, 3.05) is 26.8 Å². The minimum atomic E-state index is 0.211. The summed E-state index contributed by atoms with van der Waals surface area (Å²) in [5.41, 5.74) is 0. The zero-order valence-electron chi connectivity index (χ0n) is 11.1. The molecule has 18 heavy (non-hydrogen) atoms. The highest BCUT2D eigenvalue weighted by atomic mass is 16.5. The SMILES string of the molecule is Cc1nccn1CCN(C)C(=O)CC1CCOC1. The van der Waals surface area contributed by atoms with Gasteiger partial charge in [-0.2, -0.15) is 0 Å². The van der Waals surface area contributed by atoms with E-state index in [4.69, 9.17) is 4.74 Å². The van der Waals surface area contributed by atoms with Gasteiger partial charge in [-0.3, -0.25) is 4.79 Å². The number of aryl methyl sites for hydroxylation is 1. The Labute approximate surface area is 108 Å². The molecule has 1 aromatic heterocycles. The van der Waals surface area contributed by atoms with Crippen LogP contribution in [-0.2, 0) is 16.1 Å². The van der Waals surface area contributed by atoms with E-state index in [1.807, 2.05) is 20.2 Å². The van der Waals surface area contributed by atoms with Gasteiger partial charge in [0.2, 0.25) is 5.91 Å². The molecule has 0 bridgehead atoms. The summed E-state index contributed by atoms with van der Waals surface area (Å²) in [5, 5.41) is 0. The first kappa shape index (κ1) is 13.1. The maximum atomic E-state index is 12.0. The molecule has 1 unspecified atom stereocenters. The van der Waals surface area contributed by atoms with Crippen LogP contribution in [0, 0.1) is 12.8 Å². The molecule has 2 rings (SSSR count). The predicted molar refractivity (Wildman–Crippen MR) is 68.1 cm³/mol. The number of imidazole rings is 1. The van der Waals surface area contributed by atoms with E-state index in [1.165, 1.54) is 0 Å².